The Morgan fingerprint density at radius 1 is 1.36 bits per heavy atom. The number of hydrogen-bond donors (Lipinski definition) is 1. The van der Waals surface area contributed by atoms with Crippen molar-refractivity contribution in [1.29, 1.82) is 0 Å². The second-order valence-corrected chi connectivity index (χ2v) is 6.44. The SMILES string of the molecule is Cc1noc(C)c1CCC(=O)N1C[C@@H](C(=O)O)[C@H](c2cccnc2)C1. The Hall–Kier alpha value is -2.70. The van der Waals surface area contributed by atoms with Gasteiger partial charge in [-0.25, -0.2) is 0 Å². The molecule has 3 rings (SSSR count). The van der Waals surface area contributed by atoms with Crippen molar-refractivity contribution in [3.05, 3.63) is 47.1 Å². The van der Waals surface area contributed by atoms with Gasteiger partial charge in [-0.05, 0) is 31.9 Å². The van der Waals surface area contributed by atoms with E-state index >= 15 is 0 Å². The van der Waals surface area contributed by atoms with Gasteiger partial charge in [0.25, 0.3) is 0 Å². The van der Waals surface area contributed by atoms with Crippen molar-refractivity contribution in [2.75, 3.05) is 13.1 Å². The summed E-state index contributed by atoms with van der Waals surface area (Å²) in [5.74, 6) is -1.03. The van der Waals surface area contributed by atoms with Gasteiger partial charge in [0, 0.05) is 43.4 Å². The molecule has 2 aromatic heterocycles. The van der Waals surface area contributed by atoms with Gasteiger partial charge in [-0.1, -0.05) is 11.2 Å². The van der Waals surface area contributed by atoms with Crippen LogP contribution >= 0.6 is 0 Å². The maximum Gasteiger partial charge on any atom is 0.308 e. The van der Waals surface area contributed by atoms with E-state index in [1.54, 1.807) is 23.4 Å². The Kier molecular flexibility index (Phi) is 4.83. The molecule has 1 aliphatic rings. The molecule has 25 heavy (non-hydrogen) atoms. The highest BCUT2D eigenvalue weighted by molar-refractivity contribution is 5.80. The number of aliphatic carboxylic acids is 1. The molecule has 7 nitrogen and oxygen atoms in total. The number of carboxylic acids is 1. The normalized spacial score (nSPS) is 20.0. The monoisotopic (exact) mass is 343 g/mol. The van der Waals surface area contributed by atoms with E-state index < -0.39 is 11.9 Å². The lowest BCUT2D eigenvalue weighted by molar-refractivity contribution is -0.141. The van der Waals surface area contributed by atoms with Gasteiger partial charge in [-0.15, -0.1) is 0 Å². The highest BCUT2D eigenvalue weighted by Gasteiger charge is 2.40. The molecular weight excluding hydrogens is 322 g/mol. The van der Waals surface area contributed by atoms with Gasteiger partial charge >= 0.3 is 5.97 Å². The zero-order valence-corrected chi connectivity index (χ0v) is 14.3. The predicted molar refractivity (Wildman–Crippen MR) is 89.0 cm³/mol. The van der Waals surface area contributed by atoms with Crippen LogP contribution in [0.4, 0.5) is 0 Å². The number of carboxylic acid groups (broad SMARTS) is 1. The first-order valence-corrected chi connectivity index (χ1v) is 8.29. The number of carbonyl (C=O) groups is 2. The lowest BCUT2D eigenvalue weighted by atomic mass is 9.90. The fourth-order valence-corrected chi connectivity index (χ4v) is 3.44. The van der Waals surface area contributed by atoms with Gasteiger partial charge in [0.15, 0.2) is 0 Å². The summed E-state index contributed by atoms with van der Waals surface area (Å²) >= 11 is 0. The molecule has 7 heteroatoms. The van der Waals surface area contributed by atoms with Crippen LogP contribution in [-0.4, -0.2) is 45.1 Å². The van der Waals surface area contributed by atoms with Crippen LogP contribution in [0.1, 0.15) is 34.9 Å². The van der Waals surface area contributed by atoms with Gasteiger partial charge in [0.1, 0.15) is 5.76 Å². The molecule has 3 heterocycles. The fraction of sp³-hybridized carbons (Fsp3) is 0.444. The zero-order chi connectivity index (χ0) is 18.0. The Labute approximate surface area is 145 Å². The first kappa shape index (κ1) is 17.1. The third kappa shape index (κ3) is 3.55. The van der Waals surface area contributed by atoms with Crippen molar-refractivity contribution in [3.63, 3.8) is 0 Å². The molecule has 1 fully saturated rings. The van der Waals surface area contributed by atoms with E-state index in [0.717, 1.165) is 22.6 Å². The van der Waals surface area contributed by atoms with Crippen LogP contribution in [0.3, 0.4) is 0 Å². The molecular formula is C18H21N3O4. The molecule has 132 valence electrons. The number of pyridine rings is 1. The van der Waals surface area contributed by atoms with Crippen LogP contribution in [0.25, 0.3) is 0 Å². The van der Waals surface area contributed by atoms with Crippen LogP contribution in [0.2, 0.25) is 0 Å². The van der Waals surface area contributed by atoms with Crippen molar-refractivity contribution in [3.8, 4) is 0 Å². The van der Waals surface area contributed by atoms with E-state index in [1.165, 1.54) is 0 Å². The quantitative estimate of drug-likeness (QED) is 0.891. The smallest absolute Gasteiger partial charge is 0.308 e. The summed E-state index contributed by atoms with van der Waals surface area (Å²) in [4.78, 5) is 29.9. The molecule has 0 bridgehead atoms. The second-order valence-electron chi connectivity index (χ2n) is 6.44. The van der Waals surface area contributed by atoms with Crippen LogP contribution in [-0.2, 0) is 16.0 Å². The number of aromatic nitrogens is 2. The summed E-state index contributed by atoms with van der Waals surface area (Å²) in [7, 11) is 0. The number of nitrogens with zero attached hydrogens (tertiary/aromatic N) is 3. The largest absolute Gasteiger partial charge is 0.481 e. The summed E-state index contributed by atoms with van der Waals surface area (Å²) in [5.41, 5.74) is 2.60. The molecule has 0 saturated carbocycles. The first-order valence-electron chi connectivity index (χ1n) is 8.29. The Morgan fingerprint density at radius 3 is 2.76 bits per heavy atom. The molecule has 0 aliphatic carbocycles. The minimum atomic E-state index is -0.880. The number of hydrogen-bond acceptors (Lipinski definition) is 5. The van der Waals surface area contributed by atoms with E-state index in [-0.39, 0.29) is 18.4 Å². The van der Waals surface area contributed by atoms with Crippen LogP contribution in [0.5, 0.6) is 0 Å². The van der Waals surface area contributed by atoms with E-state index in [4.69, 9.17) is 4.52 Å². The van der Waals surface area contributed by atoms with E-state index in [2.05, 4.69) is 10.1 Å². The maximum atomic E-state index is 12.6. The number of likely N-dealkylation sites (tertiary alicyclic amines) is 1. The molecule has 1 N–H and O–H groups in total. The van der Waals surface area contributed by atoms with Crippen LogP contribution < -0.4 is 0 Å². The third-order valence-electron chi connectivity index (χ3n) is 4.87. The maximum absolute atomic E-state index is 12.6. The average molecular weight is 343 g/mol. The molecule has 2 aromatic rings. The summed E-state index contributed by atoms with van der Waals surface area (Å²) in [5, 5.41) is 13.4. The minimum absolute atomic E-state index is 0.0439. The molecule has 1 saturated heterocycles. The predicted octanol–water partition coefficient (Wildman–Crippen LogP) is 1.95. The Bertz CT molecular complexity index is 752. The molecule has 1 aliphatic heterocycles. The summed E-state index contributed by atoms with van der Waals surface area (Å²) in [6.45, 7) is 4.32. The van der Waals surface area contributed by atoms with Crippen LogP contribution in [0.15, 0.2) is 29.0 Å². The zero-order valence-electron chi connectivity index (χ0n) is 14.3. The van der Waals surface area contributed by atoms with Crippen molar-refractivity contribution < 1.29 is 19.2 Å². The van der Waals surface area contributed by atoms with Gasteiger partial charge < -0.3 is 14.5 Å². The highest BCUT2D eigenvalue weighted by Crippen LogP contribution is 2.33. The third-order valence-corrected chi connectivity index (χ3v) is 4.87. The number of amides is 1. The van der Waals surface area contributed by atoms with Gasteiger partial charge in [-0.3, -0.25) is 14.6 Å². The lowest BCUT2D eigenvalue weighted by Gasteiger charge is -2.16. The summed E-state index contributed by atoms with van der Waals surface area (Å²) in [6, 6.07) is 3.65. The molecule has 0 aromatic carbocycles. The summed E-state index contributed by atoms with van der Waals surface area (Å²) < 4.78 is 5.12. The fourth-order valence-electron chi connectivity index (χ4n) is 3.44. The molecule has 0 radical (unpaired) electrons. The standard InChI is InChI=1S/C18H21N3O4/c1-11-14(12(2)25-20-11)5-6-17(22)21-9-15(16(10-21)18(23)24)13-4-3-7-19-8-13/h3-4,7-8,15-16H,5-6,9-10H2,1-2H3,(H,23,24)/t15-,16+/m0/s1. The number of carbonyl (C=O) groups excluding carboxylic acids is 1. The van der Waals surface area contributed by atoms with Crippen molar-refractivity contribution in [2.45, 2.75) is 32.6 Å². The van der Waals surface area contributed by atoms with Gasteiger partial charge in [-0.2, -0.15) is 0 Å². The first-order chi connectivity index (χ1) is 12.0. The van der Waals surface area contributed by atoms with E-state index in [0.29, 0.717) is 19.4 Å². The number of aryl methyl sites for hydroxylation is 2. The van der Waals surface area contributed by atoms with Crippen molar-refractivity contribution in [1.82, 2.24) is 15.0 Å². The lowest BCUT2D eigenvalue weighted by Crippen LogP contribution is -2.30. The Balaban J connectivity index is 1.68. The summed E-state index contributed by atoms with van der Waals surface area (Å²) in [6.07, 6.45) is 4.19. The minimum Gasteiger partial charge on any atom is -0.481 e. The van der Waals surface area contributed by atoms with Crippen molar-refractivity contribution in [2.24, 2.45) is 5.92 Å². The van der Waals surface area contributed by atoms with E-state index in [1.807, 2.05) is 19.9 Å². The molecule has 0 spiro atoms. The average Bonchev–Trinajstić information content (AvgIpc) is 3.18. The number of rotatable bonds is 5. The van der Waals surface area contributed by atoms with Gasteiger partial charge in [0.05, 0.1) is 11.6 Å². The van der Waals surface area contributed by atoms with Gasteiger partial charge in [0.2, 0.25) is 5.91 Å². The highest BCUT2D eigenvalue weighted by atomic mass is 16.5. The molecule has 0 unspecified atom stereocenters. The topological polar surface area (TPSA) is 96.5 Å². The van der Waals surface area contributed by atoms with E-state index in [9.17, 15) is 14.7 Å². The van der Waals surface area contributed by atoms with Crippen LogP contribution in [0, 0.1) is 19.8 Å². The second kappa shape index (κ2) is 7.04. The molecule has 1 amide bonds. The van der Waals surface area contributed by atoms with Crippen molar-refractivity contribution >= 4 is 11.9 Å². The molecule has 2 atom stereocenters. The Morgan fingerprint density at radius 2 is 2.16 bits per heavy atom.